The molecule has 7 heteroatoms. The molecule has 0 aliphatic heterocycles. The summed E-state index contributed by atoms with van der Waals surface area (Å²) < 4.78 is 1.96. The van der Waals surface area contributed by atoms with Gasteiger partial charge < -0.3 is 20.5 Å². The van der Waals surface area contributed by atoms with E-state index in [0.29, 0.717) is 17.8 Å². The van der Waals surface area contributed by atoms with Gasteiger partial charge in [0.25, 0.3) is 5.91 Å². The number of benzene rings is 2. The number of nitrogens with one attached hydrogen (secondary N) is 3. The highest BCUT2D eigenvalue weighted by atomic mass is 16.2. The lowest BCUT2D eigenvalue weighted by molar-refractivity contribution is 0.102. The number of carbonyl (C=O) groups excluding carboxylic acids is 2. The molecule has 0 unspecified atom stereocenters. The van der Waals surface area contributed by atoms with Crippen LogP contribution in [0.1, 0.15) is 22.3 Å². The molecule has 0 aliphatic rings. The second-order valence-corrected chi connectivity index (χ2v) is 6.38. The van der Waals surface area contributed by atoms with Crippen molar-refractivity contribution in [1.82, 2.24) is 14.9 Å². The van der Waals surface area contributed by atoms with Gasteiger partial charge in [0.05, 0.1) is 6.33 Å². The minimum absolute atomic E-state index is 0.227. The van der Waals surface area contributed by atoms with Crippen molar-refractivity contribution in [1.29, 1.82) is 0 Å². The lowest BCUT2D eigenvalue weighted by Crippen LogP contribution is -2.30. The van der Waals surface area contributed by atoms with E-state index in [4.69, 9.17) is 0 Å². The lowest BCUT2D eigenvalue weighted by atomic mass is 10.1. The molecule has 28 heavy (non-hydrogen) atoms. The van der Waals surface area contributed by atoms with Crippen LogP contribution in [0.2, 0.25) is 0 Å². The first-order chi connectivity index (χ1) is 13.6. The fourth-order valence-corrected chi connectivity index (χ4v) is 2.67. The van der Waals surface area contributed by atoms with Crippen molar-refractivity contribution in [3.63, 3.8) is 0 Å². The van der Waals surface area contributed by atoms with Crippen molar-refractivity contribution >= 4 is 23.3 Å². The van der Waals surface area contributed by atoms with E-state index >= 15 is 0 Å². The van der Waals surface area contributed by atoms with Gasteiger partial charge in [-0.2, -0.15) is 0 Å². The fraction of sp³-hybridized carbons (Fsp3) is 0.190. The molecule has 3 rings (SSSR count). The maximum Gasteiger partial charge on any atom is 0.319 e. The van der Waals surface area contributed by atoms with E-state index in [2.05, 4.69) is 20.9 Å². The van der Waals surface area contributed by atoms with Gasteiger partial charge in [-0.05, 0) is 43.2 Å². The van der Waals surface area contributed by atoms with Gasteiger partial charge in [0.15, 0.2) is 0 Å². The largest absolute Gasteiger partial charge is 0.338 e. The molecule has 0 spiro atoms. The second kappa shape index (κ2) is 9.36. The van der Waals surface area contributed by atoms with Crippen LogP contribution in [0.25, 0.3) is 0 Å². The van der Waals surface area contributed by atoms with Gasteiger partial charge in [-0.3, -0.25) is 4.79 Å². The number of amides is 3. The molecule has 3 aromatic rings. The summed E-state index contributed by atoms with van der Waals surface area (Å²) in [5.41, 5.74) is 2.68. The molecule has 3 N–H and O–H groups in total. The molecular weight excluding hydrogens is 354 g/mol. The molecule has 7 nitrogen and oxygen atoms in total. The highest BCUT2D eigenvalue weighted by Crippen LogP contribution is 2.18. The van der Waals surface area contributed by atoms with Crippen LogP contribution in [0.3, 0.4) is 0 Å². The topological polar surface area (TPSA) is 88.0 Å². The number of aromatic nitrogens is 2. The van der Waals surface area contributed by atoms with Gasteiger partial charge in [-0.1, -0.05) is 24.3 Å². The van der Waals surface area contributed by atoms with Gasteiger partial charge in [-0.15, -0.1) is 0 Å². The van der Waals surface area contributed by atoms with Gasteiger partial charge in [0, 0.05) is 42.4 Å². The van der Waals surface area contributed by atoms with Crippen molar-refractivity contribution in [2.45, 2.75) is 19.9 Å². The Morgan fingerprint density at radius 3 is 2.64 bits per heavy atom. The summed E-state index contributed by atoms with van der Waals surface area (Å²) >= 11 is 0. The van der Waals surface area contributed by atoms with Crippen LogP contribution in [-0.2, 0) is 6.54 Å². The standard InChI is InChI=1S/C21H23N5O2/c1-16-8-9-17(20(27)24-18-6-3-2-4-7-18)14-19(16)25-21(28)23-10-5-12-26-13-11-22-15-26/h2-4,6-9,11,13-15H,5,10,12H2,1H3,(H,24,27)(H2,23,25,28). The molecular formula is C21H23N5O2. The Balaban J connectivity index is 1.53. The Labute approximate surface area is 163 Å². The predicted molar refractivity (Wildman–Crippen MR) is 109 cm³/mol. The van der Waals surface area contributed by atoms with E-state index < -0.39 is 0 Å². The number of hydrogen-bond donors (Lipinski definition) is 3. The molecule has 144 valence electrons. The average molecular weight is 377 g/mol. The van der Waals surface area contributed by atoms with E-state index in [0.717, 1.165) is 24.2 Å². The molecule has 1 heterocycles. The summed E-state index contributed by atoms with van der Waals surface area (Å²) in [7, 11) is 0. The number of anilines is 2. The second-order valence-electron chi connectivity index (χ2n) is 6.38. The number of rotatable bonds is 7. The van der Waals surface area contributed by atoms with Crippen LogP contribution in [0.5, 0.6) is 0 Å². The smallest absolute Gasteiger partial charge is 0.319 e. The highest BCUT2D eigenvalue weighted by Gasteiger charge is 2.10. The Hall–Kier alpha value is -3.61. The van der Waals surface area contributed by atoms with Crippen molar-refractivity contribution in [3.05, 3.63) is 78.4 Å². The third-order valence-corrected chi connectivity index (χ3v) is 4.22. The maximum absolute atomic E-state index is 12.4. The number of para-hydroxylation sites is 1. The third-order valence-electron chi connectivity index (χ3n) is 4.22. The number of nitrogens with zero attached hydrogens (tertiary/aromatic N) is 2. The Bertz CT molecular complexity index is 923. The van der Waals surface area contributed by atoms with Crippen LogP contribution < -0.4 is 16.0 Å². The quantitative estimate of drug-likeness (QED) is 0.549. The first kappa shape index (κ1) is 19.2. The van der Waals surface area contributed by atoms with Crippen molar-refractivity contribution in [2.75, 3.05) is 17.2 Å². The van der Waals surface area contributed by atoms with Crippen LogP contribution >= 0.6 is 0 Å². The van der Waals surface area contributed by atoms with Gasteiger partial charge in [-0.25, -0.2) is 9.78 Å². The zero-order chi connectivity index (χ0) is 19.8. The van der Waals surface area contributed by atoms with E-state index in [1.165, 1.54) is 0 Å². The minimum atomic E-state index is -0.297. The van der Waals surface area contributed by atoms with E-state index in [1.807, 2.05) is 54.1 Å². The summed E-state index contributed by atoms with van der Waals surface area (Å²) in [6.07, 6.45) is 6.15. The van der Waals surface area contributed by atoms with Crippen molar-refractivity contribution < 1.29 is 9.59 Å². The summed E-state index contributed by atoms with van der Waals surface area (Å²) in [6, 6.07) is 14.2. The summed E-state index contributed by atoms with van der Waals surface area (Å²) in [5, 5.41) is 8.48. The summed E-state index contributed by atoms with van der Waals surface area (Å²) in [4.78, 5) is 28.6. The zero-order valence-corrected chi connectivity index (χ0v) is 15.7. The molecule has 2 aromatic carbocycles. The number of urea groups is 1. The molecule has 0 aliphatic carbocycles. The summed E-state index contributed by atoms with van der Waals surface area (Å²) in [5.74, 6) is -0.227. The molecule has 3 amide bonds. The van der Waals surface area contributed by atoms with Gasteiger partial charge in [0.1, 0.15) is 0 Å². The Morgan fingerprint density at radius 1 is 1.07 bits per heavy atom. The normalized spacial score (nSPS) is 10.3. The van der Waals surface area contributed by atoms with Crippen molar-refractivity contribution in [2.24, 2.45) is 0 Å². The number of aryl methyl sites for hydroxylation is 2. The van der Waals surface area contributed by atoms with Crippen LogP contribution in [0.4, 0.5) is 16.2 Å². The van der Waals surface area contributed by atoms with Gasteiger partial charge in [0.2, 0.25) is 0 Å². The number of hydrogen-bond acceptors (Lipinski definition) is 3. The van der Waals surface area contributed by atoms with E-state index in [1.54, 1.807) is 24.7 Å². The zero-order valence-electron chi connectivity index (χ0n) is 15.7. The Morgan fingerprint density at radius 2 is 1.89 bits per heavy atom. The highest BCUT2D eigenvalue weighted by molar-refractivity contribution is 6.05. The number of carbonyl (C=O) groups is 2. The predicted octanol–water partition coefficient (Wildman–Crippen LogP) is 3.66. The number of imidazole rings is 1. The van der Waals surface area contributed by atoms with Crippen LogP contribution in [-0.4, -0.2) is 28.0 Å². The fourth-order valence-electron chi connectivity index (χ4n) is 2.67. The average Bonchev–Trinajstić information content (AvgIpc) is 3.21. The van der Waals surface area contributed by atoms with Gasteiger partial charge >= 0.3 is 6.03 Å². The van der Waals surface area contributed by atoms with Crippen molar-refractivity contribution in [3.8, 4) is 0 Å². The first-order valence-corrected chi connectivity index (χ1v) is 9.09. The monoisotopic (exact) mass is 377 g/mol. The molecule has 0 fully saturated rings. The molecule has 0 bridgehead atoms. The van der Waals surface area contributed by atoms with Crippen LogP contribution in [0.15, 0.2) is 67.3 Å². The third kappa shape index (κ3) is 5.44. The Kier molecular flexibility index (Phi) is 6.41. The minimum Gasteiger partial charge on any atom is -0.338 e. The molecule has 0 saturated heterocycles. The molecule has 0 radical (unpaired) electrons. The SMILES string of the molecule is Cc1ccc(C(=O)Nc2ccccc2)cc1NC(=O)NCCCn1ccnc1. The van der Waals surface area contributed by atoms with E-state index in [9.17, 15) is 9.59 Å². The lowest BCUT2D eigenvalue weighted by Gasteiger charge is -2.12. The molecule has 1 aromatic heterocycles. The van der Waals surface area contributed by atoms with E-state index in [-0.39, 0.29) is 11.9 Å². The molecule has 0 atom stereocenters. The summed E-state index contributed by atoms with van der Waals surface area (Å²) in [6.45, 7) is 3.21. The van der Waals surface area contributed by atoms with Crippen LogP contribution in [0, 0.1) is 6.92 Å². The molecule has 0 saturated carbocycles. The maximum atomic E-state index is 12.4. The first-order valence-electron chi connectivity index (χ1n) is 9.09.